The fourth-order valence-electron chi connectivity index (χ4n) is 0.118. The molecular formula is Cl4FNOP2. The molecule has 0 N–H and O–H groups in total. The van der Waals surface area contributed by atoms with Crippen LogP contribution in [-0.4, -0.2) is 0 Å². The number of hydrogen-bond acceptors (Lipinski definition) is 1. The Morgan fingerprint density at radius 2 is 1.56 bits per heavy atom. The molecule has 2 nitrogen and oxygen atoms in total. The second kappa shape index (κ2) is 3.30. The quantitative estimate of drug-likeness (QED) is 0.606. The van der Waals surface area contributed by atoms with E-state index in [1.165, 1.54) is 0 Å². The van der Waals surface area contributed by atoms with Crippen LogP contribution in [0.15, 0.2) is 4.52 Å². The standard InChI is InChI=1S/Cl4FNOP2/c1-8(2,3)6-9(4,5)7. The van der Waals surface area contributed by atoms with Crippen LogP contribution in [0.3, 0.4) is 0 Å². The van der Waals surface area contributed by atoms with E-state index in [9.17, 15) is 8.76 Å². The third-order valence-corrected chi connectivity index (χ3v) is 4.28. The highest BCUT2D eigenvalue weighted by Gasteiger charge is 2.19. The van der Waals surface area contributed by atoms with Crippen LogP contribution in [0.25, 0.3) is 0 Å². The molecule has 0 heterocycles. The monoisotopic (exact) mass is 251 g/mol. The largest absolute Gasteiger partial charge is 0.444 e. The number of nitrogens with zero attached hydrogens (tertiary/aromatic N) is 1. The lowest BCUT2D eigenvalue weighted by Crippen LogP contribution is -1.44. The summed E-state index contributed by atoms with van der Waals surface area (Å²) in [6, 6.07) is 0. The summed E-state index contributed by atoms with van der Waals surface area (Å²) >= 11 is 19.5. The predicted molar refractivity (Wildman–Crippen MR) is 41.5 cm³/mol. The van der Waals surface area contributed by atoms with Crippen LogP contribution >= 0.6 is 57.0 Å². The van der Waals surface area contributed by atoms with Gasteiger partial charge in [-0.25, -0.2) is 4.57 Å². The minimum absolute atomic E-state index is 2.60. The highest BCUT2D eigenvalue weighted by molar-refractivity contribution is 8.27. The second-order valence-electron chi connectivity index (χ2n) is 0.943. The number of hydrogen-bond donors (Lipinski definition) is 0. The van der Waals surface area contributed by atoms with Crippen molar-refractivity contribution in [3.63, 3.8) is 0 Å². The van der Waals surface area contributed by atoms with E-state index in [2.05, 4.69) is 15.8 Å². The van der Waals surface area contributed by atoms with Crippen molar-refractivity contribution in [1.82, 2.24) is 0 Å². The van der Waals surface area contributed by atoms with Gasteiger partial charge in [0.25, 0.3) is 0 Å². The maximum absolute atomic E-state index is 11.8. The first-order valence-corrected chi connectivity index (χ1v) is 8.34. The predicted octanol–water partition coefficient (Wildman–Crippen LogP) is 4.97. The smallest absolute Gasteiger partial charge is 0.242 e. The van der Waals surface area contributed by atoms with Crippen molar-refractivity contribution in [3.8, 4) is 0 Å². The summed E-state index contributed by atoms with van der Waals surface area (Å²) in [5.41, 5.74) is 0. The zero-order chi connectivity index (χ0) is 7.71. The molecule has 0 saturated heterocycles. The van der Waals surface area contributed by atoms with Crippen LogP contribution in [0.1, 0.15) is 0 Å². The minimum atomic E-state index is -4.54. The Morgan fingerprint density at radius 1 is 1.22 bits per heavy atom. The molecule has 0 spiro atoms. The molecule has 1 atom stereocenters. The molecule has 0 aromatic heterocycles. The molecule has 9 heteroatoms. The van der Waals surface area contributed by atoms with Gasteiger partial charge in [0.05, 0.1) is 0 Å². The molecule has 0 aliphatic carbocycles. The van der Waals surface area contributed by atoms with Crippen molar-refractivity contribution < 1.29 is 8.76 Å². The van der Waals surface area contributed by atoms with Crippen molar-refractivity contribution >= 4 is 57.0 Å². The van der Waals surface area contributed by atoms with E-state index in [1.54, 1.807) is 0 Å². The topological polar surface area (TPSA) is 29.4 Å². The highest BCUT2D eigenvalue weighted by atomic mass is 36.0. The van der Waals surface area contributed by atoms with Gasteiger partial charge in [-0.3, -0.25) is 0 Å². The summed E-state index contributed by atoms with van der Waals surface area (Å²) in [5.74, 6) is 0. The molecular weight excluding hydrogens is 253 g/mol. The molecule has 56 valence electrons. The van der Waals surface area contributed by atoms with Crippen molar-refractivity contribution in [2.75, 3.05) is 0 Å². The third kappa shape index (κ3) is 9.55. The summed E-state index contributed by atoms with van der Waals surface area (Å²) in [5, 5.41) is -3.27. The molecule has 0 rings (SSSR count). The van der Waals surface area contributed by atoms with E-state index in [-0.39, 0.29) is 0 Å². The summed E-state index contributed by atoms with van der Waals surface area (Å²) < 4.78 is 24.4. The van der Waals surface area contributed by atoms with Gasteiger partial charge >= 0.3 is 6.96 Å². The van der Waals surface area contributed by atoms with Crippen molar-refractivity contribution in [1.29, 1.82) is 0 Å². The van der Waals surface area contributed by atoms with E-state index < -0.39 is 12.1 Å². The maximum atomic E-state index is 11.8. The Balaban J connectivity index is 4.53. The lowest BCUT2D eigenvalue weighted by Gasteiger charge is -1.95. The summed E-state index contributed by atoms with van der Waals surface area (Å²) in [7, 11) is 0. The normalized spacial score (nSPS) is 18.8. The van der Waals surface area contributed by atoms with Gasteiger partial charge in [0.2, 0.25) is 5.11 Å². The van der Waals surface area contributed by atoms with Gasteiger partial charge < -0.3 is 0 Å². The average Bonchev–Trinajstić information content (AvgIpc) is 1.14. The van der Waals surface area contributed by atoms with Crippen LogP contribution in [0.4, 0.5) is 4.20 Å². The van der Waals surface area contributed by atoms with E-state index in [1.807, 2.05) is 0 Å². The fraction of sp³-hybridized carbons (Fsp3) is 0. The lowest BCUT2D eigenvalue weighted by molar-refractivity contribution is 0.556. The van der Waals surface area contributed by atoms with Crippen molar-refractivity contribution in [2.45, 2.75) is 0 Å². The Bertz CT molecular complexity index is 180. The summed E-state index contributed by atoms with van der Waals surface area (Å²) in [6.45, 7) is -4.54. The molecule has 0 amide bonds. The van der Waals surface area contributed by atoms with Gasteiger partial charge in [0.1, 0.15) is 0 Å². The van der Waals surface area contributed by atoms with Crippen molar-refractivity contribution in [3.05, 3.63) is 0 Å². The van der Waals surface area contributed by atoms with Crippen LogP contribution in [0.5, 0.6) is 0 Å². The lowest BCUT2D eigenvalue weighted by atomic mass is 13.9. The Labute approximate surface area is 70.4 Å². The van der Waals surface area contributed by atoms with E-state index in [0.29, 0.717) is 0 Å². The highest BCUT2D eigenvalue weighted by Crippen LogP contribution is 2.74. The molecule has 0 aliphatic rings. The molecule has 0 saturated carbocycles. The minimum Gasteiger partial charge on any atom is -0.242 e. The fourth-order valence-corrected chi connectivity index (χ4v) is 5.26. The first-order valence-electron chi connectivity index (χ1n) is 1.43. The Kier molecular flexibility index (Phi) is 3.87. The Hall–Kier alpha value is 1.55. The van der Waals surface area contributed by atoms with Crippen molar-refractivity contribution in [2.24, 2.45) is 4.52 Å². The first-order chi connectivity index (χ1) is 3.71. The van der Waals surface area contributed by atoms with Gasteiger partial charge in [-0.2, -0.15) is 4.52 Å². The molecule has 0 aliphatic heterocycles. The first kappa shape index (κ1) is 10.6. The second-order valence-corrected chi connectivity index (χ2v) is 10.6. The molecule has 0 fully saturated rings. The van der Waals surface area contributed by atoms with Gasteiger partial charge in [-0.15, -0.1) is 4.20 Å². The molecule has 0 bridgehead atoms. The summed E-state index contributed by atoms with van der Waals surface area (Å²) in [4.78, 5) is 0. The SMILES string of the molecule is O=P(F)(Cl)N=P(Cl)(Cl)Cl. The van der Waals surface area contributed by atoms with E-state index in [0.717, 1.165) is 0 Å². The zero-order valence-corrected chi connectivity index (χ0v) is 8.45. The molecule has 9 heavy (non-hydrogen) atoms. The van der Waals surface area contributed by atoms with Crippen LogP contribution < -0.4 is 0 Å². The molecule has 1 unspecified atom stereocenters. The average molecular weight is 253 g/mol. The van der Waals surface area contributed by atoms with Gasteiger partial charge in [0, 0.05) is 11.2 Å². The zero-order valence-electron chi connectivity index (χ0n) is 3.64. The van der Waals surface area contributed by atoms with E-state index >= 15 is 0 Å². The van der Waals surface area contributed by atoms with E-state index in [4.69, 9.17) is 33.7 Å². The maximum Gasteiger partial charge on any atom is 0.444 e. The number of halogens is 5. The van der Waals surface area contributed by atoms with Gasteiger partial charge in [-0.05, 0) is 33.7 Å². The Morgan fingerprint density at radius 3 is 1.56 bits per heavy atom. The van der Waals surface area contributed by atoms with Crippen LogP contribution in [0, 0.1) is 0 Å². The molecule has 0 radical (unpaired) electrons. The number of rotatable bonds is 1. The molecule has 0 aromatic carbocycles. The van der Waals surface area contributed by atoms with Crippen LogP contribution in [0.2, 0.25) is 0 Å². The van der Waals surface area contributed by atoms with Gasteiger partial charge in [-0.1, -0.05) is 0 Å². The molecule has 0 aromatic rings. The summed E-state index contributed by atoms with van der Waals surface area (Å²) in [6.07, 6.45) is 0. The van der Waals surface area contributed by atoms with Crippen LogP contribution in [-0.2, 0) is 4.57 Å². The third-order valence-electron chi connectivity index (χ3n) is 0.206. The van der Waals surface area contributed by atoms with Gasteiger partial charge in [0.15, 0.2) is 0 Å².